The Labute approximate surface area is 165 Å². The predicted octanol–water partition coefficient (Wildman–Crippen LogP) is 1.51. The number of hydrogen-bond donors (Lipinski definition) is 0. The molecule has 1 amide bonds. The lowest BCUT2D eigenvalue weighted by Crippen LogP contribution is -2.54. The van der Waals surface area contributed by atoms with Crippen LogP contribution in [0.4, 0.5) is 0 Å². The third-order valence-corrected chi connectivity index (χ3v) is 6.08. The molecule has 0 saturated carbocycles. The first-order valence-electron chi connectivity index (χ1n) is 9.88. The Morgan fingerprint density at radius 3 is 2.59 bits per heavy atom. The van der Waals surface area contributed by atoms with E-state index >= 15 is 0 Å². The van der Waals surface area contributed by atoms with E-state index in [4.69, 9.17) is 4.74 Å². The summed E-state index contributed by atoms with van der Waals surface area (Å²) in [7, 11) is 0. The molecule has 0 bridgehead atoms. The third kappa shape index (κ3) is 5.49. The summed E-state index contributed by atoms with van der Waals surface area (Å²) in [5.74, 6) is -0.203. The highest BCUT2D eigenvalue weighted by Crippen LogP contribution is 2.19. The van der Waals surface area contributed by atoms with E-state index in [1.165, 1.54) is 0 Å². The van der Waals surface area contributed by atoms with Crippen LogP contribution in [0.1, 0.15) is 36.9 Å². The van der Waals surface area contributed by atoms with Gasteiger partial charge in [0.2, 0.25) is 5.91 Å². The molecule has 1 aromatic heterocycles. The summed E-state index contributed by atoms with van der Waals surface area (Å²) in [5.41, 5.74) is 1.13. The van der Waals surface area contributed by atoms with Crippen molar-refractivity contribution in [3.63, 3.8) is 0 Å². The second-order valence-electron chi connectivity index (χ2n) is 7.26. The molecule has 150 valence electrons. The van der Waals surface area contributed by atoms with Crippen molar-refractivity contribution in [1.29, 1.82) is 0 Å². The number of hydrogen-bond acceptors (Lipinski definition) is 7. The molecular formula is C19H30N4O3S. The van der Waals surface area contributed by atoms with Crippen LogP contribution in [0.5, 0.6) is 0 Å². The number of piperidine rings is 1. The zero-order chi connectivity index (χ0) is 19.2. The molecule has 7 nitrogen and oxygen atoms in total. The number of aryl methyl sites for hydroxylation is 1. The van der Waals surface area contributed by atoms with Crippen molar-refractivity contribution in [3.05, 3.63) is 16.1 Å². The van der Waals surface area contributed by atoms with Gasteiger partial charge in [-0.1, -0.05) is 0 Å². The number of likely N-dealkylation sites (tertiary alicyclic amines) is 1. The Bertz CT molecular complexity index is 643. The van der Waals surface area contributed by atoms with Crippen molar-refractivity contribution in [3.8, 4) is 0 Å². The molecule has 0 aromatic carbocycles. The Kier molecular flexibility index (Phi) is 7.20. The standard InChI is InChI=1S/C19H30N4O3S/c1-3-26-19(25)17-6-4-5-7-23(17)18(24)13-22-10-8-21(9-11-22)12-16-14-27-15(2)20-16/h14,17H,3-13H2,1-2H3. The second kappa shape index (κ2) is 9.61. The fourth-order valence-corrected chi connectivity index (χ4v) is 4.41. The highest BCUT2D eigenvalue weighted by Gasteiger charge is 2.34. The maximum absolute atomic E-state index is 12.8. The van der Waals surface area contributed by atoms with E-state index in [0.29, 0.717) is 26.1 Å². The first-order valence-corrected chi connectivity index (χ1v) is 10.8. The van der Waals surface area contributed by atoms with Gasteiger partial charge in [-0.25, -0.2) is 9.78 Å². The van der Waals surface area contributed by atoms with Gasteiger partial charge in [-0.05, 0) is 33.1 Å². The fraction of sp³-hybridized carbons (Fsp3) is 0.737. The van der Waals surface area contributed by atoms with Gasteiger partial charge in [0.1, 0.15) is 6.04 Å². The van der Waals surface area contributed by atoms with Gasteiger partial charge in [-0.15, -0.1) is 11.3 Å². The summed E-state index contributed by atoms with van der Waals surface area (Å²) in [4.78, 5) is 35.9. The molecular weight excluding hydrogens is 364 g/mol. The summed E-state index contributed by atoms with van der Waals surface area (Å²) in [6.45, 7) is 9.73. The lowest BCUT2D eigenvalue weighted by Gasteiger charge is -2.38. The van der Waals surface area contributed by atoms with Crippen LogP contribution in [0.15, 0.2) is 5.38 Å². The van der Waals surface area contributed by atoms with Crippen molar-refractivity contribution in [2.75, 3.05) is 45.9 Å². The number of carbonyl (C=O) groups excluding carboxylic acids is 2. The molecule has 2 fully saturated rings. The van der Waals surface area contributed by atoms with Crippen LogP contribution in [-0.2, 0) is 20.9 Å². The van der Waals surface area contributed by atoms with Gasteiger partial charge in [0.05, 0.1) is 23.9 Å². The van der Waals surface area contributed by atoms with Crippen molar-refractivity contribution in [2.45, 2.75) is 45.7 Å². The van der Waals surface area contributed by atoms with Gasteiger partial charge in [-0.2, -0.15) is 0 Å². The minimum Gasteiger partial charge on any atom is -0.464 e. The van der Waals surface area contributed by atoms with Gasteiger partial charge < -0.3 is 9.64 Å². The predicted molar refractivity (Wildman–Crippen MR) is 105 cm³/mol. The van der Waals surface area contributed by atoms with Crippen molar-refractivity contribution in [2.24, 2.45) is 0 Å². The van der Waals surface area contributed by atoms with Crippen LogP contribution < -0.4 is 0 Å². The average molecular weight is 395 g/mol. The van der Waals surface area contributed by atoms with Crippen LogP contribution in [0.2, 0.25) is 0 Å². The van der Waals surface area contributed by atoms with E-state index in [-0.39, 0.29) is 11.9 Å². The van der Waals surface area contributed by atoms with E-state index in [9.17, 15) is 9.59 Å². The van der Waals surface area contributed by atoms with E-state index in [1.807, 2.05) is 6.92 Å². The van der Waals surface area contributed by atoms with Gasteiger partial charge in [-0.3, -0.25) is 14.6 Å². The van der Waals surface area contributed by atoms with Gasteiger partial charge in [0.25, 0.3) is 0 Å². The first-order chi connectivity index (χ1) is 13.1. The summed E-state index contributed by atoms with van der Waals surface area (Å²) in [6.07, 6.45) is 2.65. The quantitative estimate of drug-likeness (QED) is 0.682. The minimum absolute atomic E-state index is 0.0522. The van der Waals surface area contributed by atoms with Gasteiger partial charge in [0, 0.05) is 44.6 Å². The van der Waals surface area contributed by atoms with Gasteiger partial charge >= 0.3 is 5.97 Å². The lowest BCUT2D eigenvalue weighted by atomic mass is 10.0. The number of piperazine rings is 1. The monoisotopic (exact) mass is 394 g/mol. The maximum Gasteiger partial charge on any atom is 0.328 e. The molecule has 27 heavy (non-hydrogen) atoms. The third-order valence-electron chi connectivity index (χ3n) is 5.26. The molecule has 2 aliphatic rings. The summed E-state index contributed by atoms with van der Waals surface area (Å²) in [5, 5.41) is 3.23. The normalized spacial score (nSPS) is 22.0. The Hall–Kier alpha value is -1.51. The zero-order valence-electron chi connectivity index (χ0n) is 16.4. The van der Waals surface area contributed by atoms with E-state index in [2.05, 4.69) is 20.2 Å². The summed E-state index contributed by atoms with van der Waals surface area (Å²) in [6, 6.07) is -0.402. The van der Waals surface area contributed by atoms with Crippen LogP contribution in [0.3, 0.4) is 0 Å². The van der Waals surface area contributed by atoms with Crippen molar-refractivity contribution in [1.82, 2.24) is 19.7 Å². The number of rotatable bonds is 6. The SMILES string of the molecule is CCOC(=O)C1CCCCN1C(=O)CN1CCN(Cc2csc(C)n2)CC1. The topological polar surface area (TPSA) is 66.0 Å². The fourth-order valence-electron chi connectivity index (χ4n) is 3.81. The Balaban J connectivity index is 1.47. The highest BCUT2D eigenvalue weighted by atomic mass is 32.1. The molecule has 1 unspecified atom stereocenters. The molecule has 0 spiro atoms. The lowest BCUT2D eigenvalue weighted by molar-refractivity contribution is -0.157. The molecule has 0 N–H and O–H groups in total. The molecule has 0 aliphatic carbocycles. The molecule has 3 rings (SSSR count). The number of amides is 1. The van der Waals surface area contributed by atoms with Crippen LogP contribution in [-0.4, -0.2) is 83.5 Å². The molecule has 1 aromatic rings. The minimum atomic E-state index is -0.402. The Morgan fingerprint density at radius 1 is 1.19 bits per heavy atom. The number of aromatic nitrogens is 1. The highest BCUT2D eigenvalue weighted by molar-refractivity contribution is 7.09. The molecule has 2 saturated heterocycles. The summed E-state index contributed by atoms with van der Waals surface area (Å²) >= 11 is 1.69. The molecule has 3 heterocycles. The average Bonchev–Trinajstić information content (AvgIpc) is 3.08. The van der Waals surface area contributed by atoms with Crippen LogP contribution in [0.25, 0.3) is 0 Å². The molecule has 1 atom stereocenters. The number of esters is 1. The number of thiazole rings is 1. The zero-order valence-corrected chi connectivity index (χ0v) is 17.2. The van der Waals surface area contributed by atoms with Crippen LogP contribution >= 0.6 is 11.3 Å². The molecule has 0 radical (unpaired) electrons. The maximum atomic E-state index is 12.8. The number of carbonyl (C=O) groups is 2. The molecule has 8 heteroatoms. The van der Waals surface area contributed by atoms with Crippen LogP contribution in [0, 0.1) is 6.92 Å². The molecule has 2 aliphatic heterocycles. The van der Waals surface area contributed by atoms with Gasteiger partial charge in [0.15, 0.2) is 0 Å². The largest absolute Gasteiger partial charge is 0.464 e. The van der Waals surface area contributed by atoms with E-state index in [1.54, 1.807) is 23.2 Å². The smallest absolute Gasteiger partial charge is 0.328 e. The van der Waals surface area contributed by atoms with E-state index < -0.39 is 6.04 Å². The number of ether oxygens (including phenoxy) is 1. The van der Waals surface area contributed by atoms with Crippen molar-refractivity contribution < 1.29 is 14.3 Å². The van der Waals surface area contributed by atoms with Crippen molar-refractivity contribution >= 4 is 23.2 Å². The number of nitrogens with zero attached hydrogens (tertiary/aromatic N) is 4. The van der Waals surface area contributed by atoms with E-state index in [0.717, 1.165) is 56.3 Å². The second-order valence-corrected chi connectivity index (χ2v) is 8.32. The Morgan fingerprint density at radius 2 is 1.93 bits per heavy atom. The first kappa shape index (κ1) is 20.2. The summed E-state index contributed by atoms with van der Waals surface area (Å²) < 4.78 is 5.17.